The molecule has 0 saturated carbocycles. The molecule has 2 aromatic carbocycles. The number of hydrogen-bond acceptors (Lipinski definition) is 7. The van der Waals surface area contributed by atoms with Crippen molar-refractivity contribution in [1.82, 2.24) is 15.0 Å². The first-order valence-electron chi connectivity index (χ1n) is 10.4. The fourth-order valence-corrected chi connectivity index (χ4v) is 3.34. The van der Waals surface area contributed by atoms with Crippen LogP contribution in [-0.4, -0.2) is 34.1 Å². The first kappa shape index (κ1) is 20.4. The maximum atomic E-state index is 12.8. The molecule has 3 heterocycles. The number of amides is 1. The first-order chi connectivity index (χ1) is 16.2. The number of aryl methyl sites for hydroxylation is 1. The van der Waals surface area contributed by atoms with E-state index >= 15 is 0 Å². The summed E-state index contributed by atoms with van der Waals surface area (Å²) in [5, 5.41) is 2.89. The van der Waals surface area contributed by atoms with Gasteiger partial charge in [0.1, 0.15) is 19.0 Å². The monoisotopic (exact) mass is 440 g/mol. The van der Waals surface area contributed by atoms with Gasteiger partial charge in [-0.2, -0.15) is 4.98 Å². The molecule has 1 aliphatic heterocycles. The Kier molecular flexibility index (Phi) is 5.55. The van der Waals surface area contributed by atoms with E-state index in [1.54, 1.807) is 48.9 Å². The minimum Gasteiger partial charge on any atom is -0.486 e. The molecular formula is C25H20N4O4. The highest BCUT2D eigenvalue weighted by Crippen LogP contribution is 2.32. The summed E-state index contributed by atoms with van der Waals surface area (Å²) >= 11 is 0. The molecule has 0 aliphatic carbocycles. The number of fused-ring (bicyclic) bond motifs is 1. The number of anilines is 1. The van der Waals surface area contributed by atoms with Crippen LogP contribution in [0.15, 0.2) is 73.2 Å². The van der Waals surface area contributed by atoms with Crippen molar-refractivity contribution < 1.29 is 19.0 Å². The lowest BCUT2D eigenvalue weighted by Crippen LogP contribution is -2.17. The Labute approximate surface area is 190 Å². The van der Waals surface area contributed by atoms with Crippen LogP contribution >= 0.6 is 0 Å². The van der Waals surface area contributed by atoms with Gasteiger partial charge in [-0.05, 0) is 55.0 Å². The van der Waals surface area contributed by atoms with Crippen LogP contribution in [0.4, 0.5) is 5.69 Å². The van der Waals surface area contributed by atoms with Crippen molar-refractivity contribution in [2.75, 3.05) is 18.5 Å². The lowest BCUT2D eigenvalue weighted by Gasteiger charge is -2.18. The number of hydrogen-bond donors (Lipinski definition) is 1. The van der Waals surface area contributed by atoms with Gasteiger partial charge in [0.2, 0.25) is 0 Å². The topological polar surface area (TPSA) is 95.5 Å². The van der Waals surface area contributed by atoms with Crippen LogP contribution in [0.2, 0.25) is 0 Å². The number of benzene rings is 2. The predicted molar refractivity (Wildman–Crippen MR) is 122 cm³/mol. The van der Waals surface area contributed by atoms with Gasteiger partial charge in [0.05, 0.1) is 5.69 Å². The fraction of sp³-hybridized carbons (Fsp3) is 0.120. The summed E-state index contributed by atoms with van der Waals surface area (Å²) < 4.78 is 17.0. The van der Waals surface area contributed by atoms with Crippen molar-refractivity contribution in [3.63, 3.8) is 0 Å². The van der Waals surface area contributed by atoms with Gasteiger partial charge in [-0.1, -0.05) is 6.07 Å². The number of carbonyl (C=O) groups is 1. The van der Waals surface area contributed by atoms with Crippen molar-refractivity contribution in [3.05, 3.63) is 84.3 Å². The van der Waals surface area contributed by atoms with Gasteiger partial charge in [0.25, 0.3) is 5.91 Å². The van der Waals surface area contributed by atoms with E-state index in [0.29, 0.717) is 47.4 Å². The van der Waals surface area contributed by atoms with E-state index in [9.17, 15) is 4.79 Å². The van der Waals surface area contributed by atoms with Gasteiger partial charge >= 0.3 is 6.01 Å². The van der Waals surface area contributed by atoms with Gasteiger partial charge < -0.3 is 19.5 Å². The highest BCUT2D eigenvalue weighted by Gasteiger charge is 2.16. The molecule has 0 atom stereocenters. The molecule has 164 valence electrons. The standard InChI is InChI=1S/C25H20N4O4/c1-16-4-6-19(28-24(30)17-5-7-21-23(13-17)32-12-11-31-21)14-22(16)33-25-27-10-8-20(29-25)18-3-2-9-26-15-18/h2-10,13-15H,11-12H2,1H3,(H,28,30). The molecule has 0 saturated heterocycles. The number of pyridine rings is 1. The lowest BCUT2D eigenvalue weighted by molar-refractivity contribution is 0.102. The van der Waals surface area contributed by atoms with Crippen LogP contribution in [-0.2, 0) is 0 Å². The summed E-state index contributed by atoms with van der Waals surface area (Å²) in [5.41, 5.74) is 3.49. The van der Waals surface area contributed by atoms with E-state index in [1.165, 1.54) is 0 Å². The van der Waals surface area contributed by atoms with E-state index in [0.717, 1.165) is 11.1 Å². The summed E-state index contributed by atoms with van der Waals surface area (Å²) in [7, 11) is 0. The average molecular weight is 440 g/mol. The maximum absolute atomic E-state index is 12.8. The molecule has 0 bridgehead atoms. The third kappa shape index (κ3) is 4.59. The molecular weight excluding hydrogens is 420 g/mol. The van der Waals surface area contributed by atoms with Gasteiger partial charge in [-0.25, -0.2) is 4.98 Å². The molecule has 8 heteroatoms. The molecule has 1 N–H and O–H groups in total. The van der Waals surface area contributed by atoms with Crippen molar-refractivity contribution in [3.8, 4) is 34.5 Å². The Balaban J connectivity index is 1.34. The Bertz CT molecular complexity index is 1310. The Morgan fingerprint density at radius 3 is 2.73 bits per heavy atom. The summed E-state index contributed by atoms with van der Waals surface area (Å²) in [6.45, 7) is 2.87. The second-order valence-electron chi connectivity index (χ2n) is 7.36. The Hall–Kier alpha value is -4.46. The van der Waals surface area contributed by atoms with E-state index < -0.39 is 0 Å². The number of nitrogens with one attached hydrogen (secondary N) is 1. The molecule has 2 aromatic heterocycles. The largest absolute Gasteiger partial charge is 0.486 e. The van der Waals surface area contributed by atoms with Crippen molar-refractivity contribution >= 4 is 11.6 Å². The minimum atomic E-state index is -0.267. The second kappa shape index (κ2) is 8.96. The van der Waals surface area contributed by atoms with Crippen LogP contribution in [0.25, 0.3) is 11.3 Å². The molecule has 0 unspecified atom stereocenters. The van der Waals surface area contributed by atoms with E-state index in [-0.39, 0.29) is 11.9 Å². The zero-order chi connectivity index (χ0) is 22.6. The lowest BCUT2D eigenvalue weighted by atomic mass is 10.1. The highest BCUT2D eigenvalue weighted by molar-refractivity contribution is 6.04. The summed E-state index contributed by atoms with van der Waals surface area (Å²) in [5.74, 6) is 1.47. The molecule has 33 heavy (non-hydrogen) atoms. The third-order valence-electron chi connectivity index (χ3n) is 5.04. The van der Waals surface area contributed by atoms with Crippen LogP contribution in [0.1, 0.15) is 15.9 Å². The quantitative estimate of drug-likeness (QED) is 0.482. The fourth-order valence-electron chi connectivity index (χ4n) is 3.34. The molecule has 0 radical (unpaired) electrons. The van der Waals surface area contributed by atoms with Crippen molar-refractivity contribution in [1.29, 1.82) is 0 Å². The van der Waals surface area contributed by atoms with E-state index in [2.05, 4.69) is 20.3 Å². The van der Waals surface area contributed by atoms with Gasteiger partial charge in [0.15, 0.2) is 11.5 Å². The summed E-state index contributed by atoms with van der Waals surface area (Å²) in [6.07, 6.45) is 5.06. The highest BCUT2D eigenvalue weighted by atomic mass is 16.6. The maximum Gasteiger partial charge on any atom is 0.322 e. The van der Waals surface area contributed by atoms with Crippen molar-refractivity contribution in [2.45, 2.75) is 6.92 Å². The smallest absolute Gasteiger partial charge is 0.322 e. The predicted octanol–water partition coefficient (Wildman–Crippen LogP) is 4.66. The minimum absolute atomic E-state index is 0.203. The molecule has 8 nitrogen and oxygen atoms in total. The van der Waals surface area contributed by atoms with Crippen LogP contribution in [0.3, 0.4) is 0 Å². The number of nitrogens with zero attached hydrogens (tertiary/aromatic N) is 3. The second-order valence-corrected chi connectivity index (χ2v) is 7.36. The van der Waals surface area contributed by atoms with E-state index in [1.807, 2.05) is 31.2 Å². The molecule has 0 fully saturated rings. The van der Waals surface area contributed by atoms with Gasteiger partial charge in [-0.15, -0.1) is 0 Å². The number of ether oxygens (including phenoxy) is 3. The van der Waals surface area contributed by atoms with Crippen molar-refractivity contribution in [2.24, 2.45) is 0 Å². The molecule has 4 aromatic rings. The SMILES string of the molecule is Cc1ccc(NC(=O)c2ccc3c(c2)OCCO3)cc1Oc1nccc(-c2cccnc2)n1. The zero-order valence-corrected chi connectivity index (χ0v) is 17.8. The van der Waals surface area contributed by atoms with Gasteiger partial charge in [0, 0.05) is 41.5 Å². The number of carbonyl (C=O) groups excluding carboxylic acids is 1. The molecule has 5 rings (SSSR count). The normalized spacial score (nSPS) is 12.2. The van der Waals surface area contributed by atoms with E-state index in [4.69, 9.17) is 14.2 Å². The Morgan fingerprint density at radius 2 is 1.88 bits per heavy atom. The summed E-state index contributed by atoms with van der Waals surface area (Å²) in [4.78, 5) is 25.6. The summed E-state index contributed by atoms with van der Waals surface area (Å²) in [6, 6.07) is 16.3. The number of rotatable bonds is 5. The zero-order valence-electron chi connectivity index (χ0n) is 17.8. The van der Waals surface area contributed by atoms with Crippen LogP contribution in [0.5, 0.6) is 23.3 Å². The third-order valence-corrected chi connectivity index (χ3v) is 5.04. The van der Waals surface area contributed by atoms with Crippen LogP contribution in [0, 0.1) is 6.92 Å². The number of aromatic nitrogens is 3. The van der Waals surface area contributed by atoms with Crippen LogP contribution < -0.4 is 19.5 Å². The molecule has 1 aliphatic rings. The Morgan fingerprint density at radius 1 is 1.00 bits per heavy atom. The molecule has 1 amide bonds. The average Bonchev–Trinajstić information content (AvgIpc) is 2.86. The first-order valence-corrected chi connectivity index (χ1v) is 10.4. The van der Waals surface area contributed by atoms with Gasteiger partial charge in [-0.3, -0.25) is 9.78 Å². The molecule has 0 spiro atoms.